The molecule has 78 valence electrons. The third-order valence-electron chi connectivity index (χ3n) is 3.07. The summed E-state index contributed by atoms with van der Waals surface area (Å²) in [7, 11) is 1.36. The fraction of sp³-hybridized carbons (Fsp3) is 0.800. The maximum atomic E-state index is 11.4. The molecule has 1 rings (SSSR count). The number of carbonyl (C=O) groups excluding carboxylic acids is 1. The molecule has 1 N–H and O–H groups in total. The predicted molar refractivity (Wildman–Crippen MR) is 49.2 cm³/mol. The molecule has 0 aliphatic heterocycles. The Morgan fingerprint density at radius 1 is 1.43 bits per heavy atom. The topological polar surface area (TPSA) is 70.3 Å². The molecule has 0 spiro atoms. The number of hydrogen-bond acceptors (Lipinski definition) is 4. The molecule has 1 saturated carbocycles. The summed E-state index contributed by atoms with van der Waals surface area (Å²) < 4.78 is 4.69. The van der Waals surface area contributed by atoms with Crippen LogP contribution in [0.15, 0.2) is 0 Å². The minimum atomic E-state index is -1.24. The molecule has 14 heavy (non-hydrogen) atoms. The van der Waals surface area contributed by atoms with E-state index in [0.29, 0.717) is 25.7 Å². The smallest absolute Gasteiger partial charge is 0.311 e. The van der Waals surface area contributed by atoms with Gasteiger partial charge in [0.2, 0.25) is 0 Å². The summed E-state index contributed by atoms with van der Waals surface area (Å²) in [5.41, 5.74) is -1.77. The maximum absolute atomic E-state index is 11.4. The zero-order chi connectivity index (χ0) is 10.8. The summed E-state index contributed by atoms with van der Waals surface area (Å²) in [4.78, 5) is 11.4. The normalized spacial score (nSPS) is 37.3. The molecule has 0 aromatic heterocycles. The van der Waals surface area contributed by atoms with E-state index in [2.05, 4.69) is 0 Å². The summed E-state index contributed by atoms with van der Waals surface area (Å²) in [6.45, 7) is 1.82. The number of methoxy groups -OCH3 is 1. The van der Waals surface area contributed by atoms with Gasteiger partial charge in [0, 0.05) is 0 Å². The number of nitriles is 1. The SMILES string of the molecule is COC(=O)C1(C)CCC(O)(C#N)CC1. The quantitative estimate of drug-likeness (QED) is 0.502. The molecule has 4 nitrogen and oxygen atoms in total. The predicted octanol–water partition coefficient (Wildman–Crippen LogP) is 0.994. The first-order chi connectivity index (χ1) is 6.46. The van der Waals surface area contributed by atoms with Gasteiger partial charge in [0.15, 0.2) is 5.60 Å². The molecule has 1 aliphatic rings. The summed E-state index contributed by atoms with van der Waals surface area (Å²) >= 11 is 0. The fourth-order valence-corrected chi connectivity index (χ4v) is 1.78. The van der Waals surface area contributed by atoms with Crippen LogP contribution in [-0.4, -0.2) is 23.8 Å². The zero-order valence-corrected chi connectivity index (χ0v) is 8.54. The molecule has 0 heterocycles. The number of hydrogen-bond donors (Lipinski definition) is 1. The van der Waals surface area contributed by atoms with Crippen molar-refractivity contribution in [1.82, 2.24) is 0 Å². The molecular weight excluding hydrogens is 182 g/mol. The first-order valence-corrected chi connectivity index (χ1v) is 4.68. The van der Waals surface area contributed by atoms with E-state index in [1.807, 2.05) is 13.0 Å². The zero-order valence-electron chi connectivity index (χ0n) is 8.54. The number of ether oxygens (including phenoxy) is 1. The van der Waals surface area contributed by atoms with Crippen LogP contribution in [0.4, 0.5) is 0 Å². The van der Waals surface area contributed by atoms with Gasteiger partial charge in [0.1, 0.15) is 0 Å². The summed E-state index contributed by atoms with van der Waals surface area (Å²) in [5, 5.41) is 18.4. The Balaban J connectivity index is 2.67. The van der Waals surface area contributed by atoms with E-state index in [4.69, 9.17) is 10.00 Å². The van der Waals surface area contributed by atoms with Crippen molar-refractivity contribution in [2.24, 2.45) is 5.41 Å². The average molecular weight is 197 g/mol. The Morgan fingerprint density at radius 2 is 1.93 bits per heavy atom. The van der Waals surface area contributed by atoms with Crippen LogP contribution in [0, 0.1) is 16.7 Å². The Morgan fingerprint density at radius 3 is 2.29 bits per heavy atom. The van der Waals surface area contributed by atoms with Crippen LogP contribution in [0.2, 0.25) is 0 Å². The molecule has 0 unspecified atom stereocenters. The van der Waals surface area contributed by atoms with Crippen LogP contribution >= 0.6 is 0 Å². The van der Waals surface area contributed by atoms with E-state index in [-0.39, 0.29) is 5.97 Å². The highest BCUT2D eigenvalue weighted by Crippen LogP contribution is 2.41. The van der Waals surface area contributed by atoms with E-state index >= 15 is 0 Å². The summed E-state index contributed by atoms with van der Waals surface area (Å²) in [5.74, 6) is -0.252. The molecule has 1 fully saturated rings. The maximum Gasteiger partial charge on any atom is 0.311 e. The van der Waals surface area contributed by atoms with Gasteiger partial charge in [-0.15, -0.1) is 0 Å². The number of esters is 1. The molecule has 0 radical (unpaired) electrons. The van der Waals surface area contributed by atoms with E-state index in [1.54, 1.807) is 0 Å². The van der Waals surface area contributed by atoms with Gasteiger partial charge in [-0.05, 0) is 32.6 Å². The first kappa shape index (κ1) is 11.0. The monoisotopic (exact) mass is 197 g/mol. The van der Waals surface area contributed by atoms with Crippen LogP contribution in [-0.2, 0) is 9.53 Å². The Labute approximate surface area is 83.5 Å². The highest BCUT2D eigenvalue weighted by atomic mass is 16.5. The molecule has 4 heteroatoms. The Bertz CT molecular complexity index is 272. The summed E-state index contributed by atoms with van der Waals surface area (Å²) in [6, 6.07) is 1.88. The lowest BCUT2D eigenvalue weighted by Crippen LogP contribution is -2.41. The fourth-order valence-electron chi connectivity index (χ4n) is 1.78. The average Bonchev–Trinajstić information content (AvgIpc) is 2.22. The van der Waals surface area contributed by atoms with Crippen LogP contribution in [0.25, 0.3) is 0 Å². The number of rotatable bonds is 1. The third-order valence-corrected chi connectivity index (χ3v) is 3.07. The van der Waals surface area contributed by atoms with Gasteiger partial charge in [-0.1, -0.05) is 0 Å². The lowest BCUT2D eigenvalue weighted by Gasteiger charge is -2.36. The van der Waals surface area contributed by atoms with Crippen molar-refractivity contribution in [3.63, 3.8) is 0 Å². The second kappa shape index (κ2) is 3.58. The standard InChI is InChI=1S/C10H15NO3/c1-9(8(12)14-2)3-5-10(13,7-11)6-4-9/h13H,3-6H2,1-2H3. The molecule has 0 bridgehead atoms. The van der Waals surface area contributed by atoms with Gasteiger partial charge in [-0.3, -0.25) is 4.79 Å². The van der Waals surface area contributed by atoms with Crippen molar-refractivity contribution >= 4 is 5.97 Å². The highest BCUT2D eigenvalue weighted by molar-refractivity contribution is 5.76. The van der Waals surface area contributed by atoms with Crippen molar-refractivity contribution in [3.05, 3.63) is 0 Å². The second-order valence-corrected chi connectivity index (χ2v) is 4.20. The van der Waals surface area contributed by atoms with Crippen LogP contribution in [0.5, 0.6) is 0 Å². The van der Waals surface area contributed by atoms with Crippen molar-refractivity contribution < 1.29 is 14.6 Å². The van der Waals surface area contributed by atoms with Crippen molar-refractivity contribution in [2.45, 2.75) is 38.2 Å². The van der Waals surface area contributed by atoms with Gasteiger partial charge in [-0.25, -0.2) is 0 Å². The van der Waals surface area contributed by atoms with Crippen LogP contribution < -0.4 is 0 Å². The number of aliphatic hydroxyl groups is 1. The van der Waals surface area contributed by atoms with E-state index in [1.165, 1.54) is 7.11 Å². The number of carbonyl (C=O) groups is 1. The summed E-state index contributed by atoms with van der Waals surface area (Å²) in [6.07, 6.45) is 1.69. The molecular formula is C10H15NO3. The van der Waals surface area contributed by atoms with E-state index in [0.717, 1.165) is 0 Å². The number of nitrogens with zero attached hydrogens (tertiary/aromatic N) is 1. The molecule has 0 aromatic rings. The molecule has 0 amide bonds. The van der Waals surface area contributed by atoms with Crippen molar-refractivity contribution in [2.75, 3.05) is 7.11 Å². The van der Waals surface area contributed by atoms with Gasteiger partial charge >= 0.3 is 5.97 Å². The van der Waals surface area contributed by atoms with E-state index < -0.39 is 11.0 Å². The Hall–Kier alpha value is -1.08. The minimum Gasteiger partial charge on any atom is -0.469 e. The molecule has 0 saturated heterocycles. The van der Waals surface area contributed by atoms with Crippen LogP contribution in [0.3, 0.4) is 0 Å². The van der Waals surface area contributed by atoms with Crippen molar-refractivity contribution in [1.29, 1.82) is 5.26 Å². The van der Waals surface area contributed by atoms with Crippen LogP contribution in [0.1, 0.15) is 32.6 Å². The van der Waals surface area contributed by atoms with Gasteiger partial charge < -0.3 is 9.84 Å². The lowest BCUT2D eigenvalue weighted by molar-refractivity contribution is -0.155. The molecule has 0 atom stereocenters. The van der Waals surface area contributed by atoms with E-state index in [9.17, 15) is 9.90 Å². The van der Waals surface area contributed by atoms with Gasteiger partial charge in [-0.2, -0.15) is 5.26 Å². The largest absolute Gasteiger partial charge is 0.469 e. The Kier molecular flexibility index (Phi) is 2.81. The van der Waals surface area contributed by atoms with Gasteiger partial charge in [0.25, 0.3) is 0 Å². The molecule has 0 aromatic carbocycles. The second-order valence-electron chi connectivity index (χ2n) is 4.20. The minimum absolute atomic E-state index is 0.252. The molecule has 1 aliphatic carbocycles. The lowest BCUT2D eigenvalue weighted by atomic mass is 9.70. The highest BCUT2D eigenvalue weighted by Gasteiger charge is 2.44. The van der Waals surface area contributed by atoms with Gasteiger partial charge in [0.05, 0.1) is 18.6 Å². The third kappa shape index (κ3) is 1.88. The first-order valence-electron chi connectivity index (χ1n) is 4.68. The van der Waals surface area contributed by atoms with Crippen molar-refractivity contribution in [3.8, 4) is 6.07 Å².